The summed E-state index contributed by atoms with van der Waals surface area (Å²) in [5, 5.41) is 4.70. The number of pyridine rings is 1. The Labute approximate surface area is 245 Å². The zero-order valence-corrected chi connectivity index (χ0v) is 24.7. The van der Waals surface area contributed by atoms with Gasteiger partial charge < -0.3 is 25.8 Å². The van der Waals surface area contributed by atoms with Gasteiger partial charge in [-0.05, 0) is 74.2 Å². The van der Waals surface area contributed by atoms with Gasteiger partial charge in [0.15, 0.2) is 0 Å². The van der Waals surface area contributed by atoms with Crippen molar-refractivity contribution in [3.63, 3.8) is 0 Å². The van der Waals surface area contributed by atoms with E-state index in [0.717, 1.165) is 82.1 Å². The van der Waals surface area contributed by atoms with Gasteiger partial charge in [0.05, 0.1) is 23.6 Å². The Kier molecular flexibility index (Phi) is 8.79. The lowest BCUT2D eigenvalue weighted by Gasteiger charge is -2.34. The van der Waals surface area contributed by atoms with Crippen molar-refractivity contribution < 1.29 is 0 Å². The number of anilines is 2. The second-order valence-corrected chi connectivity index (χ2v) is 11.4. The smallest absolute Gasteiger partial charge is 0.0666 e. The van der Waals surface area contributed by atoms with Crippen molar-refractivity contribution in [2.24, 2.45) is 5.92 Å². The van der Waals surface area contributed by atoms with E-state index < -0.39 is 0 Å². The van der Waals surface area contributed by atoms with Crippen LogP contribution in [0.2, 0.25) is 0 Å². The Balaban J connectivity index is 1.40. The summed E-state index contributed by atoms with van der Waals surface area (Å²) in [6, 6.07) is 8.35. The number of benzene rings is 1. The molecule has 1 saturated heterocycles. The van der Waals surface area contributed by atoms with Crippen LogP contribution in [-0.2, 0) is 0 Å². The van der Waals surface area contributed by atoms with Gasteiger partial charge in [0.1, 0.15) is 0 Å². The van der Waals surface area contributed by atoms with Gasteiger partial charge in [-0.1, -0.05) is 51.1 Å². The SMILES string of the molecule is C=C/C(=C\C(=C/C)c1ccc(N)c(C(=C)c2cc3c(N4CCN(C)CC4)cncc3[nH]2)c1)NC(=C)C1CCCCC1. The molecular formula is C35H44N6. The van der Waals surface area contributed by atoms with Gasteiger partial charge in [0.25, 0.3) is 0 Å². The molecule has 4 N–H and O–H groups in total. The lowest BCUT2D eigenvalue weighted by atomic mass is 9.87. The van der Waals surface area contributed by atoms with Crippen LogP contribution in [0.15, 0.2) is 86.0 Å². The molecule has 5 rings (SSSR count). The number of nitrogens with two attached hydrogens (primary N) is 1. The van der Waals surface area contributed by atoms with E-state index in [1.165, 1.54) is 32.1 Å². The maximum absolute atomic E-state index is 6.52. The zero-order chi connectivity index (χ0) is 28.9. The standard InChI is InChI=1S/C35H44N6/c1-6-26(19-29(7-2)38-25(4)27-11-9-8-10-12-27)28-13-14-32(36)30(20-28)24(3)33-21-31-34(39-33)22-37-23-35(31)41-17-15-40(5)16-18-41/h6-7,13-14,19-23,27,38-39H,2-4,8-12,15-18,36H2,1,5H3/b26-6+,29-19+. The highest BCUT2D eigenvalue weighted by Crippen LogP contribution is 2.34. The van der Waals surface area contributed by atoms with E-state index in [0.29, 0.717) is 11.6 Å². The minimum absolute atomic E-state index is 0.524. The summed E-state index contributed by atoms with van der Waals surface area (Å²) in [7, 11) is 2.17. The van der Waals surface area contributed by atoms with Crippen LogP contribution in [0.1, 0.15) is 55.8 Å². The molecule has 3 heterocycles. The number of piperazine rings is 1. The Bertz CT molecular complexity index is 1490. The van der Waals surface area contributed by atoms with Crippen LogP contribution >= 0.6 is 0 Å². The van der Waals surface area contributed by atoms with E-state index >= 15 is 0 Å². The average molecular weight is 549 g/mol. The van der Waals surface area contributed by atoms with Gasteiger partial charge >= 0.3 is 0 Å². The van der Waals surface area contributed by atoms with Gasteiger partial charge in [-0.15, -0.1) is 0 Å². The monoisotopic (exact) mass is 548 g/mol. The third kappa shape index (κ3) is 6.33. The quantitative estimate of drug-likeness (QED) is 0.196. The van der Waals surface area contributed by atoms with Crippen LogP contribution in [0.3, 0.4) is 0 Å². The summed E-state index contributed by atoms with van der Waals surface area (Å²) in [5.41, 5.74) is 16.3. The molecule has 41 heavy (non-hydrogen) atoms. The first-order valence-electron chi connectivity index (χ1n) is 14.8. The molecule has 0 spiro atoms. The number of nitrogens with zero attached hydrogens (tertiary/aromatic N) is 3. The molecule has 6 heteroatoms. The Morgan fingerprint density at radius 3 is 2.54 bits per heavy atom. The molecule has 0 atom stereocenters. The number of nitrogen functional groups attached to an aromatic ring is 1. The highest BCUT2D eigenvalue weighted by Gasteiger charge is 2.20. The molecule has 0 radical (unpaired) electrons. The highest BCUT2D eigenvalue weighted by molar-refractivity contribution is 5.97. The molecule has 2 fully saturated rings. The van der Waals surface area contributed by atoms with Gasteiger partial charge in [0.2, 0.25) is 0 Å². The number of allylic oxidation sites excluding steroid dienone is 5. The highest BCUT2D eigenvalue weighted by atomic mass is 15.2. The predicted octanol–water partition coefficient (Wildman–Crippen LogP) is 7.12. The molecule has 1 aliphatic carbocycles. The molecule has 1 saturated carbocycles. The molecule has 0 bridgehead atoms. The van der Waals surface area contributed by atoms with E-state index in [-0.39, 0.29) is 0 Å². The second-order valence-electron chi connectivity index (χ2n) is 11.4. The van der Waals surface area contributed by atoms with E-state index in [4.69, 9.17) is 5.73 Å². The fourth-order valence-corrected chi connectivity index (χ4v) is 6.03. The van der Waals surface area contributed by atoms with Crippen molar-refractivity contribution in [2.45, 2.75) is 39.0 Å². The topological polar surface area (TPSA) is 73.2 Å². The van der Waals surface area contributed by atoms with E-state index in [1.807, 2.05) is 24.5 Å². The summed E-state index contributed by atoms with van der Waals surface area (Å²) >= 11 is 0. The lowest BCUT2D eigenvalue weighted by molar-refractivity contribution is 0.313. The van der Waals surface area contributed by atoms with Crippen LogP contribution in [0.5, 0.6) is 0 Å². The van der Waals surface area contributed by atoms with Crippen molar-refractivity contribution in [1.82, 2.24) is 20.2 Å². The van der Waals surface area contributed by atoms with Crippen LogP contribution in [0.4, 0.5) is 11.4 Å². The number of hydrogen-bond acceptors (Lipinski definition) is 5. The zero-order valence-electron chi connectivity index (χ0n) is 24.7. The first-order chi connectivity index (χ1) is 19.9. The summed E-state index contributed by atoms with van der Waals surface area (Å²) in [5.74, 6) is 0.524. The first-order valence-corrected chi connectivity index (χ1v) is 14.8. The van der Waals surface area contributed by atoms with Crippen molar-refractivity contribution in [3.8, 4) is 0 Å². The summed E-state index contributed by atoms with van der Waals surface area (Å²) < 4.78 is 0. The Hall–Kier alpha value is -4.03. The number of hydrogen-bond donors (Lipinski definition) is 3. The maximum Gasteiger partial charge on any atom is 0.0666 e. The summed E-state index contributed by atoms with van der Waals surface area (Å²) in [6.07, 6.45) is 16.3. The Morgan fingerprint density at radius 1 is 1.07 bits per heavy atom. The predicted molar refractivity (Wildman–Crippen MR) is 176 cm³/mol. The van der Waals surface area contributed by atoms with Crippen molar-refractivity contribution >= 4 is 33.4 Å². The number of nitrogens with one attached hydrogen (secondary N) is 2. The van der Waals surface area contributed by atoms with Crippen molar-refractivity contribution in [1.29, 1.82) is 0 Å². The molecule has 0 amide bonds. The Morgan fingerprint density at radius 2 is 1.83 bits per heavy atom. The fourth-order valence-electron chi connectivity index (χ4n) is 6.03. The second kappa shape index (κ2) is 12.6. The number of aromatic amines is 1. The number of H-pyrrole nitrogens is 1. The van der Waals surface area contributed by atoms with Gasteiger partial charge in [-0.25, -0.2) is 0 Å². The molecule has 0 unspecified atom stereocenters. The number of likely N-dealkylation sites (N-methyl/N-ethyl adjacent to an activating group) is 1. The molecule has 1 aromatic carbocycles. The molecule has 3 aromatic rings. The lowest BCUT2D eigenvalue weighted by Crippen LogP contribution is -2.44. The molecule has 2 aromatic heterocycles. The van der Waals surface area contributed by atoms with Gasteiger partial charge in [-0.2, -0.15) is 0 Å². The third-order valence-electron chi connectivity index (χ3n) is 8.65. The molecule has 6 nitrogen and oxygen atoms in total. The van der Waals surface area contributed by atoms with Crippen LogP contribution < -0.4 is 16.0 Å². The van der Waals surface area contributed by atoms with E-state index in [1.54, 1.807) is 0 Å². The van der Waals surface area contributed by atoms with Crippen LogP contribution in [-0.4, -0.2) is 48.1 Å². The third-order valence-corrected chi connectivity index (χ3v) is 8.65. The van der Waals surface area contributed by atoms with Crippen LogP contribution in [0.25, 0.3) is 22.0 Å². The van der Waals surface area contributed by atoms with Gasteiger partial charge in [-0.3, -0.25) is 4.98 Å². The summed E-state index contributed by atoms with van der Waals surface area (Å²) in [4.78, 5) is 12.9. The molecule has 1 aliphatic heterocycles. The van der Waals surface area contributed by atoms with E-state index in [2.05, 4.69) is 89.1 Å². The first kappa shape index (κ1) is 28.5. The fraction of sp³-hybridized carbons (Fsp3) is 0.343. The van der Waals surface area contributed by atoms with Gasteiger partial charge in [0, 0.05) is 65.5 Å². The normalized spacial score (nSPS) is 17.6. The molecule has 214 valence electrons. The average Bonchev–Trinajstić information content (AvgIpc) is 3.45. The number of aromatic nitrogens is 2. The molecule has 2 aliphatic rings. The minimum atomic E-state index is 0.524. The van der Waals surface area contributed by atoms with Crippen LogP contribution in [0, 0.1) is 5.92 Å². The van der Waals surface area contributed by atoms with Crippen molar-refractivity contribution in [2.75, 3.05) is 43.9 Å². The summed E-state index contributed by atoms with van der Waals surface area (Å²) in [6.45, 7) is 19.0. The van der Waals surface area contributed by atoms with E-state index in [9.17, 15) is 0 Å². The maximum atomic E-state index is 6.52. The number of rotatable bonds is 9. The molecular weight excluding hydrogens is 504 g/mol. The largest absolute Gasteiger partial charge is 0.398 e. The number of fused-ring (bicyclic) bond motifs is 1. The minimum Gasteiger partial charge on any atom is -0.398 e. The van der Waals surface area contributed by atoms with Crippen molar-refractivity contribution in [3.05, 3.63) is 103 Å².